The molecule has 5 aromatic rings. The van der Waals surface area contributed by atoms with Crippen LogP contribution in [0.4, 0.5) is 11.4 Å². The number of hydrogen-bond donors (Lipinski definition) is 0. The van der Waals surface area contributed by atoms with Crippen LogP contribution in [-0.2, 0) is 0 Å². The van der Waals surface area contributed by atoms with Crippen LogP contribution in [0, 0.1) is 0 Å². The highest BCUT2D eigenvalue weighted by Crippen LogP contribution is 2.26. The van der Waals surface area contributed by atoms with Crippen LogP contribution in [0.1, 0.15) is 25.2 Å². The number of rotatable bonds is 4. The zero-order chi connectivity index (χ0) is 21.9. The number of hydrogen-bond acceptors (Lipinski definition) is 5. The van der Waals surface area contributed by atoms with E-state index in [0.717, 1.165) is 56.0 Å². The number of pyridine rings is 3. The largest absolute Gasteiger partial charge is 0.256 e. The molecule has 154 valence electrons. The number of benzene rings is 2. The Balaban J connectivity index is 1.51. The first-order valence-corrected chi connectivity index (χ1v) is 10.4. The molecule has 3 heterocycles. The van der Waals surface area contributed by atoms with Gasteiger partial charge in [-0.15, -0.1) is 0 Å². The Morgan fingerprint density at radius 3 is 1.53 bits per heavy atom. The second-order valence-corrected chi connectivity index (χ2v) is 7.50. The van der Waals surface area contributed by atoms with Gasteiger partial charge in [-0.3, -0.25) is 20.0 Å². The first-order chi connectivity index (χ1) is 15.7. The lowest BCUT2D eigenvalue weighted by Crippen LogP contribution is -2.05. The van der Waals surface area contributed by atoms with Gasteiger partial charge in [0.25, 0.3) is 0 Å². The molecule has 0 fully saturated rings. The zero-order valence-corrected chi connectivity index (χ0v) is 17.9. The van der Waals surface area contributed by atoms with Crippen LogP contribution in [0.25, 0.3) is 21.8 Å². The summed E-state index contributed by atoms with van der Waals surface area (Å²) in [4.78, 5) is 23.4. The summed E-state index contributed by atoms with van der Waals surface area (Å²) in [5.74, 6) is 0. The lowest BCUT2D eigenvalue weighted by atomic mass is 10.1. The summed E-state index contributed by atoms with van der Waals surface area (Å²) in [6, 6.07) is 25.8. The molecule has 0 radical (unpaired) electrons. The van der Waals surface area contributed by atoms with Crippen LogP contribution in [0.3, 0.4) is 0 Å². The third-order valence-corrected chi connectivity index (χ3v) is 5.32. The average molecular weight is 416 g/mol. The molecule has 2 aromatic carbocycles. The summed E-state index contributed by atoms with van der Waals surface area (Å²) >= 11 is 0. The Hall–Kier alpha value is -4.25. The van der Waals surface area contributed by atoms with Gasteiger partial charge in [-0.25, -0.2) is 4.98 Å². The van der Waals surface area contributed by atoms with Crippen molar-refractivity contribution in [2.75, 3.05) is 0 Å². The maximum absolute atomic E-state index is 4.85. The van der Waals surface area contributed by atoms with Crippen LogP contribution >= 0.6 is 0 Å². The SMILES string of the molecule is CC(=Nc1ccnc2ccccc12)c1cccc(C(C)=Nc2ccnc3ccccc23)n1. The third kappa shape index (κ3) is 3.88. The van der Waals surface area contributed by atoms with Gasteiger partial charge in [0, 0.05) is 23.2 Å². The summed E-state index contributed by atoms with van der Waals surface area (Å²) in [6.45, 7) is 3.95. The molecule has 5 nitrogen and oxygen atoms in total. The Kier molecular flexibility index (Phi) is 5.22. The van der Waals surface area contributed by atoms with Crippen LogP contribution in [-0.4, -0.2) is 26.4 Å². The van der Waals surface area contributed by atoms with Gasteiger partial charge in [0.15, 0.2) is 0 Å². The van der Waals surface area contributed by atoms with Crippen molar-refractivity contribution in [3.63, 3.8) is 0 Å². The summed E-state index contributed by atoms with van der Waals surface area (Å²) in [6.07, 6.45) is 3.57. The molecular formula is C27H21N5. The van der Waals surface area contributed by atoms with Crippen molar-refractivity contribution >= 4 is 44.6 Å². The fourth-order valence-corrected chi connectivity index (χ4v) is 3.67. The normalized spacial score (nSPS) is 12.4. The third-order valence-electron chi connectivity index (χ3n) is 5.32. The van der Waals surface area contributed by atoms with E-state index in [1.165, 1.54) is 0 Å². The maximum Gasteiger partial charge on any atom is 0.0849 e. The Morgan fingerprint density at radius 2 is 1.03 bits per heavy atom. The van der Waals surface area contributed by atoms with Gasteiger partial charge in [-0.1, -0.05) is 42.5 Å². The summed E-state index contributed by atoms with van der Waals surface area (Å²) in [7, 11) is 0. The van der Waals surface area contributed by atoms with E-state index in [1.807, 2.05) is 92.7 Å². The van der Waals surface area contributed by atoms with E-state index in [1.54, 1.807) is 12.4 Å². The number of para-hydroxylation sites is 2. The zero-order valence-electron chi connectivity index (χ0n) is 17.9. The van der Waals surface area contributed by atoms with E-state index in [9.17, 15) is 0 Å². The topological polar surface area (TPSA) is 63.4 Å². The highest BCUT2D eigenvalue weighted by Gasteiger charge is 2.07. The van der Waals surface area contributed by atoms with Gasteiger partial charge in [0.05, 0.1) is 45.2 Å². The minimum absolute atomic E-state index is 0.817. The quantitative estimate of drug-likeness (QED) is 0.316. The predicted octanol–water partition coefficient (Wildman–Crippen LogP) is 6.46. The van der Waals surface area contributed by atoms with Gasteiger partial charge in [0.2, 0.25) is 0 Å². The molecule has 0 aliphatic heterocycles. The second-order valence-electron chi connectivity index (χ2n) is 7.50. The van der Waals surface area contributed by atoms with E-state index in [2.05, 4.69) is 9.97 Å². The van der Waals surface area contributed by atoms with Crippen molar-refractivity contribution in [3.8, 4) is 0 Å². The van der Waals surface area contributed by atoms with E-state index >= 15 is 0 Å². The lowest BCUT2D eigenvalue weighted by molar-refractivity contribution is 1.24. The van der Waals surface area contributed by atoms with Crippen molar-refractivity contribution in [2.24, 2.45) is 9.98 Å². The number of nitrogens with zero attached hydrogens (tertiary/aromatic N) is 5. The van der Waals surface area contributed by atoms with Crippen LogP contribution in [0.2, 0.25) is 0 Å². The molecule has 0 unspecified atom stereocenters. The molecule has 5 heteroatoms. The number of fused-ring (bicyclic) bond motifs is 2. The van der Waals surface area contributed by atoms with E-state index < -0.39 is 0 Å². The molecule has 32 heavy (non-hydrogen) atoms. The average Bonchev–Trinajstić information content (AvgIpc) is 2.84. The summed E-state index contributed by atoms with van der Waals surface area (Å²) in [5.41, 5.74) is 6.93. The van der Waals surface area contributed by atoms with Crippen LogP contribution < -0.4 is 0 Å². The fraction of sp³-hybridized carbons (Fsp3) is 0.0741. The predicted molar refractivity (Wildman–Crippen MR) is 131 cm³/mol. The van der Waals surface area contributed by atoms with Crippen molar-refractivity contribution in [3.05, 3.63) is 103 Å². The van der Waals surface area contributed by atoms with E-state index in [-0.39, 0.29) is 0 Å². The molecule has 0 aliphatic carbocycles. The van der Waals surface area contributed by atoms with Gasteiger partial charge in [0.1, 0.15) is 0 Å². The maximum atomic E-state index is 4.85. The first kappa shape index (κ1) is 19.7. The fourth-order valence-electron chi connectivity index (χ4n) is 3.67. The molecule has 3 aromatic heterocycles. The number of aliphatic imine (C=N–C) groups is 2. The van der Waals surface area contributed by atoms with Crippen molar-refractivity contribution < 1.29 is 0 Å². The van der Waals surface area contributed by atoms with Crippen LogP contribution in [0.15, 0.2) is 101 Å². The highest BCUT2D eigenvalue weighted by molar-refractivity contribution is 6.04. The van der Waals surface area contributed by atoms with E-state index in [0.29, 0.717) is 0 Å². The Labute approximate surface area is 186 Å². The lowest BCUT2D eigenvalue weighted by Gasteiger charge is -2.07. The molecule has 0 bridgehead atoms. The molecule has 5 rings (SSSR count). The Bertz CT molecular complexity index is 1380. The van der Waals surface area contributed by atoms with E-state index in [4.69, 9.17) is 15.0 Å². The van der Waals surface area contributed by atoms with Gasteiger partial charge < -0.3 is 0 Å². The molecule has 0 amide bonds. The smallest absolute Gasteiger partial charge is 0.0849 e. The summed E-state index contributed by atoms with van der Waals surface area (Å²) in [5, 5.41) is 2.04. The van der Waals surface area contributed by atoms with Gasteiger partial charge in [-0.05, 0) is 50.2 Å². The Morgan fingerprint density at radius 1 is 0.562 bits per heavy atom. The highest BCUT2D eigenvalue weighted by atomic mass is 14.8. The number of aromatic nitrogens is 3. The molecule has 0 spiro atoms. The van der Waals surface area contributed by atoms with Crippen molar-refractivity contribution in [1.82, 2.24) is 15.0 Å². The standard InChI is InChI=1S/C27H21N5/c1-18(30-26-14-16-28-24-10-5-3-8-20(24)26)22-12-7-13-23(32-22)19(2)31-27-15-17-29-25-11-6-4-9-21(25)27/h3-17H,1-2H3. The van der Waals surface area contributed by atoms with Gasteiger partial charge in [-0.2, -0.15) is 0 Å². The molecule has 0 saturated carbocycles. The molecule has 0 N–H and O–H groups in total. The monoisotopic (exact) mass is 415 g/mol. The van der Waals surface area contributed by atoms with Crippen molar-refractivity contribution in [2.45, 2.75) is 13.8 Å². The van der Waals surface area contributed by atoms with Gasteiger partial charge >= 0.3 is 0 Å². The molecule has 0 atom stereocenters. The molecular weight excluding hydrogens is 394 g/mol. The van der Waals surface area contributed by atoms with Crippen molar-refractivity contribution in [1.29, 1.82) is 0 Å². The minimum atomic E-state index is 0.817. The first-order valence-electron chi connectivity index (χ1n) is 10.4. The minimum Gasteiger partial charge on any atom is -0.256 e. The summed E-state index contributed by atoms with van der Waals surface area (Å²) < 4.78 is 0. The molecule has 0 saturated heterocycles. The molecule has 0 aliphatic rings. The second kappa shape index (κ2) is 8.47. The van der Waals surface area contributed by atoms with Crippen LogP contribution in [0.5, 0.6) is 0 Å².